The zero-order valence-corrected chi connectivity index (χ0v) is 10.4. The fourth-order valence-electron chi connectivity index (χ4n) is 2.48. The molecule has 0 amide bonds. The third kappa shape index (κ3) is 5.34. The van der Waals surface area contributed by atoms with Gasteiger partial charge in [0, 0.05) is 12.8 Å². The Balaban J connectivity index is 2.10. The summed E-state index contributed by atoms with van der Waals surface area (Å²) in [6, 6.07) is 0. The quantitative estimate of drug-likeness (QED) is 0.637. The van der Waals surface area contributed by atoms with Gasteiger partial charge in [-0.25, -0.2) is 0 Å². The lowest BCUT2D eigenvalue weighted by Crippen LogP contribution is -2.10. The molecule has 1 aliphatic rings. The largest absolute Gasteiger partial charge is 0.300 e. The van der Waals surface area contributed by atoms with Crippen molar-refractivity contribution in [2.45, 2.75) is 71.6 Å². The molecule has 1 heteroatoms. The highest BCUT2D eigenvalue weighted by atomic mass is 16.1. The Hall–Kier alpha value is -0.330. The van der Waals surface area contributed by atoms with Crippen molar-refractivity contribution in [1.29, 1.82) is 0 Å². The number of Topliss-reactive ketones (excluding diaryl/α,β-unsaturated/α-hetero) is 1. The van der Waals surface area contributed by atoms with Gasteiger partial charge in [-0.3, -0.25) is 4.79 Å². The third-order valence-corrected chi connectivity index (χ3v) is 3.83. The van der Waals surface area contributed by atoms with E-state index in [1.54, 1.807) is 0 Å². The first-order valence-electron chi connectivity index (χ1n) is 6.74. The molecule has 0 aromatic carbocycles. The maximum Gasteiger partial charge on any atom is 0.133 e. The van der Waals surface area contributed by atoms with Crippen LogP contribution in [0.25, 0.3) is 0 Å². The minimum atomic E-state index is 0.495. The fraction of sp³-hybridized carbons (Fsp3) is 0.929. The minimum absolute atomic E-state index is 0.495. The maximum absolute atomic E-state index is 11.7. The second-order valence-electron chi connectivity index (χ2n) is 5.30. The highest BCUT2D eigenvalue weighted by Gasteiger charge is 2.15. The van der Waals surface area contributed by atoms with E-state index in [0.29, 0.717) is 11.7 Å². The highest BCUT2D eigenvalue weighted by molar-refractivity contribution is 5.78. The van der Waals surface area contributed by atoms with Crippen molar-refractivity contribution >= 4 is 5.78 Å². The number of ketones is 1. The average Bonchev–Trinajstić information content (AvgIpc) is 2.27. The molecule has 88 valence electrons. The van der Waals surface area contributed by atoms with Crippen molar-refractivity contribution in [2.75, 3.05) is 0 Å². The molecule has 1 rings (SSSR count). The molecule has 0 bridgehead atoms. The van der Waals surface area contributed by atoms with Gasteiger partial charge in [-0.15, -0.1) is 0 Å². The second kappa shape index (κ2) is 7.03. The number of hydrogen-bond acceptors (Lipinski definition) is 1. The zero-order chi connectivity index (χ0) is 11.1. The van der Waals surface area contributed by atoms with Crippen molar-refractivity contribution in [2.24, 2.45) is 11.8 Å². The maximum atomic E-state index is 11.7. The van der Waals surface area contributed by atoms with Crippen LogP contribution in [0.2, 0.25) is 0 Å². The summed E-state index contributed by atoms with van der Waals surface area (Å²) in [4.78, 5) is 11.7. The van der Waals surface area contributed by atoms with Gasteiger partial charge in [-0.1, -0.05) is 52.4 Å². The Morgan fingerprint density at radius 3 is 2.53 bits per heavy atom. The first kappa shape index (κ1) is 12.7. The zero-order valence-electron chi connectivity index (χ0n) is 10.4. The van der Waals surface area contributed by atoms with Crippen LogP contribution < -0.4 is 0 Å². The molecule has 1 fully saturated rings. The smallest absolute Gasteiger partial charge is 0.133 e. The fourth-order valence-corrected chi connectivity index (χ4v) is 2.48. The number of hydrogen-bond donors (Lipinski definition) is 0. The van der Waals surface area contributed by atoms with Gasteiger partial charge in [0.1, 0.15) is 5.78 Å². The second-order valence-corrected chi connectivity index (χ2v) is 5.30. The van der Waals surface area contributed by atoms with Crippen LogP contribution in [-0.2, 0) is 4.79 Å². The van der Waals surface area contributed by atoms with Crippen LogP contribution in [0.3, 0.4) is 0 Å². The van der Waals surface area contributed by atoms with Gasteiger partial charge >= 0.3 is 0 Å². The molecule has 1 nitrogen and oxygen atoms in total. The lowest BCUT2D eigenvalue weighted by molar-refractivity contribution is -0.120. The Kier molecular flexibility index (Phi) is 5.97. The Bertz CT molecular complexity index is 180. The minimum Gasteiger partial charge on any atom is -0.300 e. The van der Waals surface area contributed by atoms with Crippen LogP contribution in [0, 0.1) is 11.8 Å². The van der Waals surface area contributed by atoms with Crippen LogP contribution in [0.1, 0.15) is 71.6 Å². The number of rotatable bonds is 6. The summed E-state index contributed by atoms with van der Waals surface area (Å²) in [6.07, 6.45) is 10.9. The summed E-state index contributed by atoms with van der Waals surface area (Å²) in [5, 5.41) is 0. The molecule has 0 spiro atoms. The predicted molar refractivity (Wildman–Crippen MR) is 64.9 cm³/mol. The molecular weight excluding hydrogens is 184 g/mol. The van der Waals surface area contributed by atoms with Gasteiger partial charge in [-0.2, -0.15) is 0 Å². The van der Waals surface area contributed by atoms with Crippen molar-refractivity contribution in [3.63, 3.8) is 0 Å². The molecule has 0 aromatic rings. The molecule has 0 N–H and O–H groups in total. The summed E-state index contributed by atoms with van der Waals surface area (Å²) < 4.78 is 0. The van der Waals surface area contributed by atoms with Gasteiger partial charge in [-0.05, 0) is 18.3 Å². The van der Waals surface area contributed by atoms with E-state index in [9.17, 15) is 4.79 Å². The third-order valence-electron chi connectivity index (χ3n) is 3.83. The van der Waals surface area contributed by atoms with E-state index in [1.165, 1.54) is 32.1 Å². The van der Waals surface area contributed by atoms with E-state index < -0.39 is 0 Å². The van der Waals surface area contributed by atoms with Gasteiger partial charge in [0.2, 0.25) is 0 Å². The molecule has 1 aliphatic carbocycles. The summed E-state index contributed by atoms with van der Waals surface area (Å²) in [5.74, 6) is 1.94. The van der Waals surface area contributed by atoms with Crippen LogP contribution in [0.4, 0.5) is 0 Å². The van der Waals surface area contributed by atoms with Gasteiger partial charge in [0.05, 0.1) is 0 Å². The lowest BCUT2D eigenvalue weighted by atomic mass is 9.85. The molecule has 0 aromatic heterocycles. The molecule has 0 saturated heterocycles. The van der Waals surface area contributed by atoms with E-state index in [-0.39, 0.29) is 0 Å². The van der Waals surface area contributed by atoms with E-state index >= 15 is 0 Å². The van der Waals surface area contributed by atoms with Crippen LogP contribution in [-0.4, -0.2) is 5.78 Å². The summed E-state index contributed by atoms with van der Waals surface area (Å²) >= 11 is 0. The Labute approximate surface area is 94.6 Å². The van der Waals surface area contributed by atoms with E-state index in [0.717, 1.165) is 31.6 Å². The molecule has 0 aliphatic heterocycles. The van der Waals surface area contributed by atoms with Crippen LogP contribution in [0.15, 0.2) is 0 Å². The van der Waals surface area contributed by atoms with E-state index in [2.05, 4.69) is 13.8 Å². The molecule has 0 radical (unpaired) electrons. The summed E-state index contributed by atoms with van der Waals surface area (Å²) in [5.41, 5.74) is 0. The summed E-state index contributed by atoms with van der Waals surface area (Å²) in [6.45, 7) is 4.34. The number of carbonyl (C=O) groups is 1. The SMILES string of the molecule is CCC(C)CC(=O)CCC1CCCCC1. The average molecular weight is 210 g/mol. The molecule has 1 atom stereocenters. The standard InChI is InChI=1S/C14H26O/c1-3-12(2)11-14(15)10-9-13-7-5-4-6-8-13/h12-13H,3-11H2,1-2H3. The normalized spacial score (nSPS) is 20.1. The van der Waals surface area contributed by atoms with Gasteiger partial charge in [0.25, 0.3) is 0 Å². The van der Waals surface area contributed by atoms with Crippen molar-refractivity contribution in [1.82, 2.24) is 0 Å². The Morgan fingerprint density at radius 1 is 1.27 bits per heavy atom. The lowest BCUT2D eigenvalue weighted by Gasteiger charge is -2.21. The van der Waals surface area contributed by atoms with Crippen LogP contribution in [0.5, 0.6) is 0 Å². The highest BCUT2D eigenvalue weighted by Crippen LogP contribution is 2.27. The van der Waals surface area contributed by atoms with Gasteiger partial charge < -0.3 is 0 Å². The molecule has 15 heavy (non-hydrogen) atoms. The van der Waals surface area contributed by atoms with Crippen molar-refractivity contribution in [3.8, 4) is 0 Å². The van der Waals surface area contributed by atoms with Crippen LogP contribution >= 0.6 is 0 Å². The van der Waals surface area contributed by atoms with Gasteiger partial charge in [0.15, 0.2) is 0 Å². The summed E-state index contributed by atoms with van der Waals surface area (Å²) in [7, 11) is 0. The molecular formula is C14H26O. The molecule has 1 unspecified atom stereocenters. The topological polar surface area (TPSA) is 17.1 Å². The van der Waals surface area contributed by atoms with E-state index in [4.69, 9.17) is 0 Å². The van der Waals surface area contributed by atoms with Crippen molar-refractivity contribution in [3.05, 3.63) is 0 Å². The van der Waals surface area contributed by atoms with E-state index in [1.807, 2.05) is 0 Å². The monoisotopic (exact) mass is 210 g/mol. The number of carbonyl (C=O) groups excluding carboxylic acids is 1. The molecule has 1 saturated carbocycles. The van der Waals surface area contributed by atoms with Crippen molar-refractivity contribution < 1.29 is 4.79 Å². The first-order chi connectivity index (χ1) is 7.22. The Morgan fingerprint density at radius 2 is 1.93 bits per heavy atom. The first-order valence-corrected chi connectivity index (χ1v) is 6.74. The predicted octanol–water partition coefficient (Wildman–Crippen LogP) is 4.35. The molecule has 0 heterocycles.